The lowest BCUT2D eigenvalue weighted by Crippen LogP contribution is -2.40. The molecule has 164 valence electrons. The van der Waals surface area contributed by atoms with Crippen LogP contribution in [0.2, 0.25) is 0 Å². The molecule has 31 heavy (non-hydrogen) atoms. The van der Waals surface area contributed by atoms with Crippen molar-refractivity contribution in [3.8, 4) is 6.07 Å². The van der Waals surface area contributed by atoms with Gasteiger partial charge in [-0.15, -0.1) is 0 Å². The first-order valence-corrected chi connectivity index (χ1v) is 10.1. The maximum absolute atomic E-state index is 13.2. The van der Waals surface area contributed by atoms with E-state index in [1.807, 2.05) is 0 Å². The molecule has 3 rings (SSSR count). The Morgan fingerprint density at radius 2 is 2.03 bits per heavy atom. The lowest BCUT2D eigenvalue weighted by atomic mass is 9.88. The van der Waals surface area contributed by atoms with Gasteiger partial charge in [-0.25, -0.2) is 9.18 Å². The second kappa shape index (κ2) is 9.93. The van der Waals surface area contributed by atoms with Crippen LogP contribution in [-0.4, -0.2) is 46.4 Å². The molecular formula is C21H25FN6O3. The average molecular weight is 428 g/mol. The third-order valence-corrected chi connectivity index (χ3v) is 5.35. The molecule has 0 saturated carbocycles. The van der Waals surface area contributed by atoms with Crippen LogP contribution in [0.3, 0.4) is 0 Å². The fourth-order valence-electron chi connectivity index (χ4n) is 3.76. The Labute approximate surface area is 179 Å². The predicted octanol–water partition coefficient (Wildman–Crippen LogP) is 3.19. The highest BCUT2D eigenvalue weighted by molar-refractivity contribution is 5.98. The number of primary amides is 1. The van der Waals surface area contributed by atoms with E-state index in [4.69, 9.17) is 10.5 Å². The normalized spacial score (nSPS) is 15.2. The summed E-state index contributed by atoms with van der Waals surface area (Å²) in [4.78, 5) is 25.6. The Hall–Kier alpha value is -3.61. The van der Waals surface area contributed by atoms with E-state index in [1.54, 1.807) is 16.5 Å². The molecule has 1 atom stereocenters. The number of carbonyl (C=O) groups is 2. The van der Waals surface area contributed by atoms with Crippen LogP contribution in [-0.2, 0) is 4.74 Å². The summed E-state index contributed by atoms with van der Waals surface area (Å²) in [6, 6.07) is 7.54. The van der Waals surface area contributed by atoms with Crippen LogP contribution >= 0.6 is 0 Å². The summed E-state index contributed by atoms with van der Waals surface area (Å²) in [6.45, 7) is 3.13. The van der Waals surface area contributed by atoms with E-state index in [0.29, 0.717) is 38.2 Å². The maximum atomic E-state index is 13.2. The quantitative estimate of drug-likeness (QED) is 0.697. The van der Waals surface area contributed by atoms with Gasteiger partial charge in [0.25, 0.3) is 5.91 Å². The molecule has 1 aromatic heterocycles. The number of aromatic nitrogens is 2. The number of anilines is 2. The molecule has 0 radical (unpaired) electrons. The molecule has 1 aliphatic rings. The van der Waals surface area contributed by atoms with Crippen LogP contribution in [0.4, 0.5) is 20.7 Å². The number of rotatable bonds is 7. The number of halogens is 1. The zero-order valence-electron chi connectivity index (χ0n) is 17.3. The van der Waals surface area contributed by atoms with Crippen molar-refractivity contribution in [3.05, 3.63) is 41.8 Å². The molecule has 1 saturated heterocycles. The number of hydrogen-bond donors (Lipinski definition) is 2. The molecule has 10 heteroatoms. The van der Waals surface area contributed by atoms with Crippen molar-refractivity contribution in [1.82, 2.24) is 14.7 Å². The third-order valence-electron chi connectivity index (χ3n) is 5.35. The van der Waals surface area contributed by atoms with Gasteiger partial charge in [0.1, 0.15) is 11.4 Å². The molecule has 2 amide bonds. The number of likely N-dealkylation sites (tertiary alicyclic amines) is 1. The van der Waals surface area contributed by atoms with Crippen LogP contribution in [0.1, 0.15) is 42.6 Å². The number of hydrogen-bond acceptors (Lipinski definition) is 6. The molecule has 0 aliphatic carbocycles. The Morgan fingerprint density at radius 3 is 2.61 bits per heavy atom. The van der Waals surface area contributed by atoms with Crippen molar-refractivity contribution >= 4 is 23.5 Å². The molecule has 9 nitrogen and oxygen atoms in total. The van der Waals surface area contributed by atoms with Gasteiger partial charge in [-0.3, -0.25) is 9.48 Å². The highest BCUT2D eigenvalue weighted by atomic mass is 19.1. The number of nitrogens with one attached hydrogen (secondary N) is 1. The summed E-state index contributed by atoms with van der Waals surface area (Å²) in [5.74, 6) is -0.714. The second-order valence-electron chi connectivity index (χ2n) is 7.32. The van der Waals surface area contributed by atoms with Gasteiger partial charge >= 0.3 is 6.09 Å². The molecule has 1 aliphatic heterocycles. The van der Waals surface area contributed by atoms with Crippen molar-refractivity contribution in [2.24, 2.45) is 11.7 Å². The first-order chi connectivity index (χ1) is 14.9. The van der Waals surface area contributed by atoms with Crippen LogP contribution in [0.25, 0.3) is 0 Å². The van der Waals surface area contributed by atoms with Gasteiger partial charge in [-0.05, 0) is 49.9 Å². The minimum absolute atomic E-state index is 0.0876. The Bertz CT molecular complexity index is 960. The largest absolute Gasteiger partial charge is 0.450 e. The molecule has 0 unspecified atom stereocenters. The Balaban J connectivity index is 1.80. The molecular weight excluding hydrogens is 403 g/mol. The molecule has 0 spiro atoms. The summed E-state index contributed by atoms with van der Waals surface area (Å²) in [5.41, 5.74) is 6.25. The van der Waals surface area contributed by atoms with Crippen LogP contribution in [0.5, 0.6) is 0 Å². The van der Waals surface area contributed by atoms with Gasteiger partial charge in [0, 0.05) is 25.0 Å². The fourth-order valence-corrected chi connectivity index (χ4v) is 3.76. The molecule has 3 N–H and O–H groups in total. The smallest absolute Gasteiger partial charge is 0.409 e. The highest BCUT2D eigenvalue weighted by Crippen LogP contribution is 2.32. The lowest BCUT2D eigenvalue weighted by molar-refractivity contribution is 0.0839. The van der Waals surface area contributed by atoms with Gasteiger partial charge in [0.05, 0.1) is 25.1 Å². The second-order valence-corrected chi connectivity index (χ2v) is 7.32. The van der Waals surface area contributed by atoms with Gasteiger partial charge < -0.3 is 20.7 Å². The molecule has 1 aromatic carbocycles. The first-order valence-electron chi connectivity index (χ1n) is 10.1. The van der Waals surface area contributed by atoms with Gasteiger partial charge in [0.2, 0.25) is 0 Å². The van der Waals surface area contributed by atoms with Crippen LogP contribution < -0.4 is 11.1 Å². The topological polar surface area (TPSA) is 126 Å². The van der Waals surface area contributed by atoms with Crippen molar-refractivity contribution in [2.75, 3.05) is 25.0 Å². The van der Waals surface area contributed by atoms with Crippen molar-refractivity contribution in [3.63, 3.8) is 0 Å². The van der Waals surface area contributed by atoms with Crippen molar-refractivity contribution < 1.29 is 18.7 Å². The van der Waals surface area contributed by atoms with E-state index in [9.17, 15) is 19.2 Å². The SMILES string of the molecule is CCOC(=O)N1CCC([C@H](CC#N)n2cc(C(N)=O)c(Nc3ccc(F)cc3)n2)CC1. The molecule has 2 heterocycles. The summed E-state index contributed by atoms with van der Waals surface area (Å²) < 4.78 is 19.8. The average Bonchev–Trinajstić information content (AvgIpc) is 3.18. The Kier molecular flexibility index (Phi) is 7.07. The summed E-state index contributed by atoms with van der Waals surface area (Å²) >= 11 is 0. The number of carbonyl (C=O) groups excluding carboxylic acids is 2. The van der Waals surface area contributed by atoms with E-state index < -0.39 is 5.91 Å². The Morgan fingerprint density at radius 1 is 1.35 bits per heavy atom. The maximum Gasteiger partial charge on any atom is 0.409 e. The lowest BCUT2D eigenvalue weighted by Gasteiger charge is -2.34. The number of nitrogens with two attached hydrogens (primary N) is 1. The summed E-state index contributed by atoms with van der Waals surface area (Å²) in [7, 11) is 0. The standard InChI is InChI=1S/C21H25FN6O3/c1-2-31-21(30)27-11-8-14(9-12-27)18(7-10-23)28-13-17(19(24)29)20(26-28)25-16-5-3-15(22)4-6-16/h3-6,13-14,18H,2,7-9,11-12H2,1H3,(H2,24,29)(H,25,26)/t18-/m0/s1. The number of ether oxygens (including phenoxy) is 1. The zero-order chi connectivity index (χ0) is 22.4. The zero-order valence-corrected chi connectivity index (χ0v) is 17.3. The fraction of sp³-hybridized carbons (Fsp3) is 0.429. The number of nitriles is 1. The summed E-state index contributed by atoms with van der Waals surface area (Å²) in [5, 5.41) is 16.8. The van der Waals surface area contributed by atoms with Gasteiger partial charge in [-0.1, -0.05) is 0 Å². The molecule has 2 aromatic rings. The highest BCUT2D eigenvalue weighted by Gasteiger charge is 2.31. The van der Waals surface area contributed by atoms with Gasteiger partial charge in [0.15, 0.2) is 5.82 Å². The number of benzene rings is 1. The van der Waals surface area contributed by atoms with Crippen molar-refractivity contribution in [2.45, 2.75) is 32.2 Å². The first kappa shape index (κ1) is 22.1. The molecule has 0 bridgehead atoms. The van der Waals surface area contributed by atoms with E-state index >= 15 is 0 Å². The monoisotopic (exact) mass is 428 g/mol. The van der Waals surface area contributed by atoms with E-state index in [2.05, 4.69) is 16.5 Å². The minimum atomic E-state index is -0.663. The van der Waals surface area contributed by atoms with E-state index in [1.165, 1.54) is 30.5 Å². The van der Waals surface area contributed by atoms with Crippen molar-refractivity contribution in [1.29, 1.82) is 5.26 Å². The minimum Gasteiger partial charge on any atom is -0.450 e. The molecule has 1 fully saturated rings. The summed E-state index contributed by atoms with van der Waals surface area (Å²) in [6.07, 6.45) is 2.75. The number of amides is 2. The van der Waals surface area contributed by atoms with Crippen LogP contribution in [0, 0.1) is 23.1 Å². The number of nitrogens with zero attached hydrogens (tertiary/aromatic N) is 4. The van der Waals surface area contributed by atoms with E-state index in [-0.39, 0.29) is 41.7 Å². The number of piperidine rings is 1. The van der Waals surface area contributed by atoms with Crippen LogP contribution in [0.15, 0.2) is 30.5 Å². The predicted molar refractivity (Wildman–Crippen MR) is 111 cm³/mol. The third kappa shape index (κ3) is 5.31. The van der Waals surface area contributed by atoms with Gasteiger partial charge in [-0.2, -0.15) is 10.4 Å². The van der Waals surface area contributed by atoms with E-state index in [0.717, 1.165) is 0 Å².